The second-order valence-electron chi connectivity index (χ2n) is 10.1. The van der Waals surface area contributed by atoms with E-state index in [0.717, 1.165) is 38.8 Å². The van der Waals surface area contributed by atoms with Crippen molar-refractivity contribution in [3.63, 3.8) is 0 Å². The Morgan fingerprint density at radius 2 is 1.56 bits per heavy atom. The molecule has 0 aliphatic carbocycles. The van der Waals surface area contributed by atoms with Crippen molar-refractivity contribution >= 4 is 14.2 Å². The van der Waals surface area contributed by atoms with Crippen LogP contribution in [-0.4, -0.2) is 38.3 Å². The first-order chi connectivity index (χ1) is 12.7. The van der Waals surface area contributed by atoms with Crippen LogP contribution < -0.4 is 0 Å². The molecule has 160 valence electrons. The summed E-state index contributed by atoms with van der Waals surface area (Å²) in [7, 11) is -1.75. The second-order valence-corrected chi connectivity index (χ2v) is 14.8. The maximum absolute atomic E-state index is 12.6. The van der Waals surface area contributed by atoms with Crippen LogP contribution in [-0.2, 0) is 9.22 Å². The number of rotatable bonds is 12. The van der Waals surface area contributed by atoms with E-state index >= 15 is 0 Å². The van der Waals surface area contributed by atoms with Gasteiger partial charge >= 0.3 is 0 Å². The highest BCUT2D eigenvalue weighted by atomic mass is 28.4. The monoisotopic (exact) mass is 397 g/mol. The molecule has 1 saturated heterocycles. The highest BCUT2D eigenvalue weighted by Crippen LogP contribution is 2.38. The molecule has 0 saturated carbocycles. The lowest BCUT2D eigenvalue weighted by Crippen LogP contribution is -2.50. The van der Waals surface area contributed by atoms with Crippen molar-refractivity contribution in [2.45, 2.75) is 129 Å². The van der Waals surface area contributed by atoms with E-state index in [1.165, 1.54) is 51.4 Å². The van der Waals surface area contributed by atoms with Crippen molar-refractivity contribution in [1.82, 2.24) is 4.90 Å². The van der Waals surface area contributed by atoms with Gasteiger partial charge < -0.3 is 9.33 Å². The first kappa shape index (κ1) is 24.7. The number of amides is 1. The maximum Gasteiger partial charge on any atom is 0.222 e. The molecule has 1 atom stereocenters. The minimum atomic E-state index is -1.75. The van der Waals surface area contributed by atoms with E-state index in [-0.39, 0.29) is 11.1 Å². The Morgan fingerprint density at radius 3 is 2.11 bits per heavy atom. The Balaban J connectivity index is 2.21. The summed E-state index contributed by atoms with van der Waals surface area (Å²) in [4.78, 5) is 14.7. The molecule has 0 radical (unpaired) electrons. The van der Waals surface area contributed by atoms with Crippen LogP contribution in [0.5, 0.6) is 0 Å². The fourth-order valence-corrected chi connectivity index (χ4v) is 4.98. The molecule has 0 bridgehead atoms. The summed E-state index contributed by atoms with van der Waals surface area (Å²) in [6, 6.07) is 0. The Kier molecular flexibility index (Phi) is 11.2. The summed E-state index contributed by atoms with van der Waals surface area (Å²) >= 11 is 0. The summed E-state index contributed by atoms with van der Waals surface area (Å²) in [5.41, 5.74) is 0. The van der Waals surface area contributed by atoms with Gasteiger partial charge in [0, 0.05) is 19.5 Å². The lowest BCUT2D eigenvalue weighted by Gasteiger charge is -2.42. The summed E-state index contributed by atoms with van der Waals surface area (Å²) in [5.74, 6) is 0.349. The van der Waals surface area contributed by atoms with Gasteiger partial charge in [-0.3, -0.25) is 4.79 Å². The summed E-state index contributed by atoms with van der Waals surface area (Å²) in [5, 5.41) is 0.232. The van der Waals surface area contributed by atoms with Crippen LogP contribution >= 0.6 is 0 Å². The number of carbonyl (C=O) groups is 1. The van der Waals surface area contributed by atoms with Crippen molar-refractivity contribution < 1.29 is 9.22 Å². The largest absolute Gasteiger partial charge is 0.412 e. The second kappa shape index (κ2) is 12.3. The quantitative estimate of drug-likeness (QED) is 0.264. The maximum atomic E-state index is 12.6. The van der Waals surface area contributed by atoms with E-state index in [0.29, 0.717) is 5.91 Å². The number of hydrogen-bond donors (Lipinski definition) is 0. The van der Waals surface area contributed by atoms with E-state index in [4.69, 9.17) is 4.43 Å². The van der Waals surface area contributed by atoms with Crippen LogP contribution in [0.2, 0.25) is 18.1 Å². The molecule has 1 amide bonds. The number of likely N-dealkylation sites (tertiary alicyclic amines) is 1. The smallest absolute Gasteiger partial charge is 0.222 e. The Bertz CT molecular complexity index is 417. The Labute approximate surface area is 170 Å². The standard InChI is InChI=1S/C23H47NO2Si/c1-7-8-9-10-11-12-13-14-15-18-22(25)24-19-16-17-21(20-24)26-27(5,6)23(2,3)4/h21H,7-20H2,1-6H3. The molecule has 0 aromatic carbocycles. The van der Waals surface area contributed by atoms with Gasteiger partial charge in [-0.25, -0.2) is 0 Å². The SMILES string of the molecule is CCCCCCCCCCCC(=O)N1CCCC(O[Si](C)(C)C(C)(C)C)C1. The Morgan fingerprint density at radius 1 is 1.00 bits per heavy atom. The normalized spacial score (nSPS) is 18.7. The van der Waals surface area contributed by atoms with E-state index < -0.39 is 8.32 Å². The van der Waals surface area contributed by atoms with Crippen LogP contribution in [0.3, 0.4) is 0 Å². The van der Waals surface area contributed by atoms with Gasteiger partial charge in [0.2, 0.25) is 5.91 Å². The third-order valence-corrected chi connectivity index (χ3v) is 11.0. The van der Waals surface area contributed by atoms with Gasteiger partial charge in [-0.15, -0.1) is 0 Å². The fourth-order valence-electron chi connectivity index (χ4n) is 3.60. The molecule has 0 spiro atoms. The molecule has 1 aliphatic rings. The highest BCUT2D eigenvalue weighted by Gasteiger charge is 2.40. The lowest BCUT2D eigenvalue weighted by molar-refractivity contribution is -0.134. The molecule has 0 aromatic heterocycles. The average molecular weight is 398 g/mol. The number of nitrogens with zero attached hydrogens (tertiary/aromatic N) is 1. The number of carbonyl (C=O) groups excluding carboxylic acids is 1. The summed E-state index contributed by atoms with van der Waals surface area (Å²) in [6.45, 7) is 15.5. The van der Waals surface area contributed by atoms with Crippen LogP contribution in [0.4, 0.5) is 0 Å². The molecular formula is C23H47NO2Si. The van der Waals surface area contributed by atoms with Crippen LogP contribution in [0.1, 0.15) is 105 Å². The molecule has 1 aliphatic heterocycles. The number of hydrogen-bond acceptors (Lipinski definition) is 2. The molecule has 1 rings (SSSR count). The minimum Gasteiger partial charge on any atom is -0.412 e. The molecule has 4 heteroatoms. The first-order valence-corrected chi connectivity index (χ1v) is 14.5. The zero-order valence-electron chi connectivity index (χ0n) is 19.2. The molecule has 0 aromatic rings. The highest BCUT2D eigenvalue weighted by molar-refractivity contribution is 6.74. The fraction of sp³-hybridized carbons (Fsp3) is 0.957. The van der Waals surface area contributed by atoms with Gasteiger partial charge in [-0.1, -0.05) is 79.1 Å². The van der Waals surface area contributed by atoms with Crippen LogP contribution in [0.15, 0.2) is 0 Å². The van der Waals surface area contributed by atoms with Crippen LogP contribution in [0.25, 0.3) is 0 Å². The molecule has 3 nitrogen and oxygen atoms in total. The predicted octanol–water partition coefficient (Wildman–Crippen LogP) is 6.92. The molecule has 27 heavy (non-hydrogen) atoms. The zero-order valence-corrected chi connectivity index (χ0v) is 20.2. The predicted molar refractivity (Wildman–Crippen MR) is 120 cm³/mol. The third-order valence-electron chi connectivity index (χ3n) is 6.49. The van der Waals surface area contributed by atoms with E-state index in [2.05, 4.69) is 45.7 Å². The van der Waals surface area contributed by atoms with Crippen molar-refractivity contribution in [3.8, 4) is 0 Å². The van der Waals surface area contributed by atoms with Crippen molar-refractivity contribution in [2.75, 3.05) is 13.1 Å². The average Bonchev–Trinajstić information content (AvgIpc) is 2.59. The van der Waals surface area contributed by atoms with Crippen molar-refractivity contribution in [2.24, 2.45) is 0 Å². The van der Waals surface area contributed by atoms with E-state index in [1.54, 1.807) is 0 Å². The lowest BCUT2D eigenvalue weighted by atomic mass is 10.1. The van der Waals surface area contributed by atoms with Crippen LogP contribution in [0, 0.1) is 0 Å². The van der Waals surface area contributed by atoms with Gasteiger partial charge in [0.1, 0.15) is 0 Å². The zero-order chi connectivity index (χ0) is 20.3. The molecule has 1 unspecified atom stereocenters. The topological polar surface area (TPSA) is 29.5 Å². The van der Waals surface area contributed by atoms with Gasteiger partial charge in [-0.05, 0) is 37.4 Å². The molecule has 1 fully saturated rings. The molecule has 1 heterocycles. The molecule has 0 N–H and O–H groups in total. The van der Waals surface area contributed by atoms with Gasteiger partial charge in [0.15, 0.2) is 8.32 Å². The third kappa shape index (κ3) is 9.60. The summed E-state index contributed by atoms with van der Waals surface area (Å²) < 4.78 is 6.57. The first-order valence-electron chi connectivity index (χ1n) is 11.6. The number of piperidine rings is 1. The summed E-state index contributed by atoms with van der Waals surface area (Å²) in [6.07, 6.45) is 14.9. The minimum absolute atomic E-state index is 0.232. The van der Waals surface area contributed by atoms with Gasteiger partial charge in [-0.2, -0.15) is 0 Å². The van der Waals surface area contributed by atoms with Gasteiger partial charge in [0.05, 0.1) is 6.10 Å². The molecular weight excluding hydrogens is 350 g/mol. The van der Waals surface area contributed by atoms with E-state index in [1.807, 2.05) is 0 Å². The van der Waals surface area contributed by atoms with Crippen molar-refractivity contribution in [3.05, 3.63) is 0 Å². The van der Waals surface area contributed by atoms with Gasteiger partial charge in [0.25, 0.3) is 0 Å². The van der Waals surface area contributed by atoms with E-state index in [9.17, 15) is 4.79 Å². The van der Waals surface area contributed by atoms with Crippen molar-refractivity contribution in [1.29, 1.82) is 0 Å². The Hall–Kier alpha value is -0.353. The number of unbranched alkanes of at least 4 members (excludes halogenated alkanes) is 8.